The number of aromatic nitrogens is 2. The monoisotopic (exact) mass is 354 g/mol. The van der Waals surface area contributed by atoms with E-state index in [4.69, 9.17) is 4.98 Å². The van der Waals surface area contributed by atoms with Crippen molar-refractivity contribution in [1.29, 1.82) is 0 Å². The smallest absolute Gasteiger partial charge is 0.220 e. The highest BCUT2D eigenvalue weighted by Crippen LogP contribution is 2.33. The number of nitrogens with one attached hydrogen (secondary N) is 3. The molecule has 0 spiro atoms. The number of hydrogen-bond donors (Lipinski definition) is 3. The molecule has 2 saturated heterocycles. The number of hydrogen-bond acceptors (Lipinski definition) is 3. The van der Waals surface area contributed by atoms with E-state index in [2.05, 4.69) is 29.5 Å². The molecule has 0 radical (unpaired) electrons. The Labute approximate surface area is 155 Å². The molecule has 4 unspecified atom stereocenters. The van der Waals surface area contributed by atoms with Gasteiger partial charge in [0.15, 0.2) is 0 Å². The van der Waals surface area contributed by atoms with Gasteiger partial charge in [-0.2, -0.15) is 0 Å². The molecule has 0 aliphatic carbocycles. The van der Waals surface area contributed by atoms with Crippen molar-refractivity contribution < 1.29 is 4.79 Å². The maximum Gasteiger partial charge on any atom is 0.220 e. The summed E-state index contributed by atoms with van der Waals surface area (Å²) in [5.74, 6) is 1.90. The number of carbonyl (C=O) groups is 1. The van der Waals surface area contributed by atoms with Gasteiger partial charge in [0.1, 0.15) is 5.82 Å². The average Bonchev–Trinajstić information content (AvgIpc) is 3.21. The van der Waals surface area contributed by atoms with Crippen LogP contribution in [0.15, 0.2) is 24.3 Å². The summed E-state index contributed by atoms with van der Waals surface area (Å²) >= 11 is 0. The lowest BCUT2D eigenvalue weighted by Gasteiger charge is -2.29. The van der Waals surface area contributed by atoms with Gasteiger partial charge >= 0.3 is 0 Å². The predicted octanol–water partition coefficient (Wildman–Crippen LogP) is 3.69. The van der Waals surface area contributed by atoms with Crippen molar-refractivity contribution in [3.63, 3.8) is 0 Å². The topological polar surface area (TPSA) is 69.8 Å². The fourth-order valence-corrected chi connectivity index (χ4v) is 4.67. The van der Waals surface area contributed by atoms with Crippen LogP contribution in [0.25, 0.3) is 11.0 Å². The van der Waals surface area contributed by atoms with Crippen molar-refractivity contribution in [2.24, 2.45) is 11.8 Å². The fourth-order valence-electron chi connectivity index (χ4n) is 4.67. The Morgan fingerprint density at radius 1 is 1.27 bits per heavy atom. The van der Waals surface area contributed by atoms with E-state index in [9.17, 15) is 4.79 Å². The number of imidazole rings is 1. The summed E-state index contributed by atoms with van der Waals surface area (Å²) in [4.78, 5) is 20.9. The molecule has 0 saturated carbocycles. The molecule has 2 aliphatic heterocycles. The Kier molecular flexibility index (Phi) is 4.98. The number of nitrogens with zero attached hydrogens (tertiary/aromatic N) is 1. The van der Waals surface area contributed by atoms with Crippen LogP contribution in [-0.2, 0) is 4.79 Å². The first kappa shape index (κ1) is 17.5. The maximum atomic E-state index is 12.8. The van der Waals surface area contributed by atoms with E-state index in [1.165, 1.54) is 12.8 Å². The van der Waals surface area contributed by atoms with Crippen LogP contribution in [0, 0.1) is 11.8 Å². The fraction of sp³-hybridized carbons (Fsp3) is 0.619. The molecule has 1 aromatic carbocycles. The first-order chi connectivity index (χ1) is 12.6. The van der Waals surface area contributed by atoms with E-state index < -0.39 is 0 Å². The molecule has 4 rings (SSSR count). The van der Waals surface area contributed by atoms with Crippen LogP contribution in [-0.4, -0.2) is 28.0 Å². The van der Waals surface area contributed by atoms with E-state index in [0.29, 0.717) is 30.3 Å². The second-order valence-corrected chi connectivity index (χ2v) is 8.25. The van der Waals surface area contributed by atoms with Gasteiger partial charge in [0.2, 0.25) is 5.91 Å². The van der Waals surface area contributed by atoms with Crippen LogP contribution >= 0.6 is 0 Å². The standard InChI is InChI=1S/C21H30N4O/c1-3-13(2)20(21-23-17-6-4-5-7-18(17)24-21)25-19(26)12-14-10-15-8-9-16(11-14)22-15/h4-7,13-16,20,22H,3,8-12H2,1-2H3,(H,23,24)(H,25,26). The highest BCUT2D eigenvalue weighted by Gasteiger charge is 2.34. The van der Waals surface area contributed by atoms with Gasteiger partial charge in [0, 0.05) is 18.5 Å². The van der Waals surface area contributed by atoms with E-state index in [0.717, 1.165) is 36.1 Å². The lowest BCUT2D eigenvalue weighted by atomic mass is 9.89. The second kappa shape index (κ2) is 7.39. The summed E-state index contributed by atoms with van der Waals surface area (Å²) in [5.41, 5.74) is 1.99. The Morgan fingerprint density at radius 3 is 2.69 bits per heavy atom. The lowest BCUT2D eigenvalue weighted by Crippen LogP contribution is -2.40. The molecular formula is C21H30N4O. The highest BCUT2D eigenvalue weighted by molar-refractivity contribution is 5.77. The number of rotatable bonds is 6. The third-order valence-corrected chi connectivity index (χ3v) is 6.28. The SMILES string of the molecule is CCC(C)C(NC(=O)CC1CC2CCC(C1)N2)c1nc2ccccc2[nH]1. The molecule has 1 aromatic heterocycles. The third-order valence-electron chi connectivity index (χ3n) is 6.28. The molecule has 5 heteroatoms. The van der Waals surface area contributed by atoms with Gasteiger partial charge in [-0.1, -0.05) is 32.4 Å². The summed E-state index contributed by atoms with van der Waals surface area (Å²) in [6, 6.07) is 9.25. The Balaban J connectivity index is 1.45. The molecule has 2 aromatic rings. The molecule has 4 atom stereocenters. The van der Waals surface area contributed by atoms with E-state index in [1.54, 1.807) is 0 Å². The van der Waals surface area contributed by atoms with E-state index in [-0.39, 0.29) is 11.9 Å². The largest absolute Gasteiger partial charge is 0.346 e. The van der Waals surface area contributed by atoms with Crippen molar-refractivity contribution in [2.75, 3.05) is 0 Å². The summed E-state index contributed by atoms with van der Waals surface area (Å²) in [6.45, 7) is 4.35. The van der Waals surface area contributed by atoms with Crippen molar-refractivity contribution in [3.05, 3.63) is 30.1 Å². The number of para-hydroxylation sites is 2. The van der Waals surface area contributed by atoms with Crippen molar-refractivity contribution >= 4 is 16.9 Å². The summed E-state index contributed by atoms with van der Waals surface area (Å²) in [5, 5.41) is 6.94. The zero-order chi connectivity index (χ0) is 18.1. The first-order valence-electron chi connectivity index (χ1n) is 10.1. The summed E-state index contributed by atoms with van der Waals surface area (Å²) in [6.07, 6.45) is 6.47. The van der Waals surface area contributed by atoms with Crippen molar-refractivity contribution in [2.45, 2.75) is 70.5 Å². The molecule has 26 heavy (non-hydrogen) atoms. The average molecular weight is 354 g/mol. The predicted molar refractivity (Wildman–Crippen MR) is 104 cm³/mol. The van der Waals surface area contributed by atoms with Gasteiger partial charge in [-0.25, -0.2) is 4.98 Å². The number of benzene rings is 1. The zero-order valence-electron chi connectivity index (χ0n) is 15.8. The molecule has 140 valence electrons. The van der Waals surface area contributed by atoms with Gasteiger partial charge in [-0.05, 0) is 49.7 Å². The summed E-state index contributed by atoms with van der Waals surface area (Å²) < 4.78 is 0. The molecule has 3 N–H and O–H groups in total. The number of fused-ring (bicyclic) bond motifs is 3. The van der Waals surface area contributed by atoms with Crippen LogP contribution in [0.5, 0.6) is 0 Å². The normalized spacial score (nSPS) is 27.4. The molecule has 2 bridgehead atoms. The first-order valence-corrected chi connectivity index (χ1v) is 10.1. The minimum Gasteiger partial charge on any atom is -0.346 e. The van der Waals surface area contributed by atoms with Crippen LogP contribution in [0.2, 0.25) is 0 Å². The van der Waals surface area contributed by atoms with Gasteiger partial charge in [0.05, 0.1) is 17.1 Å². The molecule has 5 nitrogen and oxygen atoms in total. The van der Waals surface area contributed by atoms with Crippen molar-refractivity contribution in [3.8, 4) is 0 Å². The van der Waals surface area contributed by atoms with Crippen LogP contribution in [0.1, 0.15) is 64.2 Å². The minimum atomic E-state index is -0.0571. The molecule has 2 aliphatic rings. The number of aromatic amines is 1. The number of piperidine rings is 1. The summed E-state index contributed by atoms with van der Waals surface area (Å²) in [7, 11) is 0. The molecule has 1 amide bonds. The van der Waals surface area contributed by atoms with Crippen LogP contribution in [0.3, 0.4) is 0 Å². The van der Waals surface area contributed by atoms with E-state index >= 15 is 0 Å². The zero-order valence-corrected chi connectivity index (χ0v) is 15.8. The lowest BCUT2D eigenvalue weighted by molar-refractivity contribution is -0.123. The minimum absolute atomic E-state index is 0.0571. The second-order valence-electron chi connectivity index (χ2n) is 8.25. The quantitative estimate of drug-likeness (QED) is 0.741. The number of amides is 1. The molecule has 3 heterocycles. The Bertz CT molecular complexity index is 725. The maximum absolute atomic E-state index is 12.8. The Hall–Kier alpha value is -1.88. The Morgan fingerprint density at radius 2 is 2.00 bits per heavy atom. The molecular weight excluding hydrogens is 324 g/mol. The van der Waals surface area contributed by atoms with Gasteiger partial charge < -0.3 is 15.6 Å². The van der Waals surface area contributed by atoms with E-state index in [1.807, 2.05) is 24.3 Å². The number of H-pyrrole nitrogens is 1. The number of carbonyl (C=O) groups excluding carboxylic acids is 1. The van der Waals surface area contributed by atoms with Gasteiger partial charge in [-0.3, -0.25) is 4.79 Å². The van der Waals surface area contributed by atoms with Gasteiger partial charge in [0.25, 0.3) is 0 Å². The third kappa shape index (κ3) is 3.63. The highest BCUT2D eigenvalue weighted by atomic mass is 16.1. The van der Waals surface area contributed by atoms with Crippen LogP contribution in [0.4, 0.5) is 0 Å². The van der Waals surface area contributed by atoms with Crippen molar-refractivity contribution in [1.82, 2.24) is 20.6 Å². The van der Waals surface area contributed by atoms with Gasteiger partial charge in [-0.15, -0.1) is 0 Å². The molecule has 2 fully saturated rings. The van der Waals surface area contributed by atoms with Crippen LogP contribution < -0.4 is 10.6 Å².